The molecule has 1 amide bonds. The summed E-state index contributed by atoms with van der Waals surface area (Å²) in [6, 6.07) is 18.4. The zero-order chi connectivity index (χ0) is 18.6. The van der Waals surface area contributed by atoms with Crippen molar-refractivity contribution in [2.75, 3.05) is 11.9 Å². The molecule has 1 N–H and O–H groups in total. The zero-order valence-corrected chi connectivity index (χ0v) is 14.9. The second-order valence-electron chi connectivity index (χ2n) is 5.63. The minimum atomic E-state index is -3.69. The number of nitrogens with one attached hydrogen (secondary N) is 1. The smallest absolute Gasteiger partial charge is 0.258 e. The number of benzene rings is 2. The average molecular weight is 370 g/mol. The number of hydrogen-bond acceptors (Lipinski definition) is 4. The Kier molecular flexibility index (Phi) is 5.20. The van der Waals surface area contributed by atoms with Crippen molar-refractivity contribution in [3.63, 3.8) is 0 Å². The number of amides is 1. The first kappa shape index (κ1) is 17.9. The molecular formula is C19H18N2O4S. The first-order valence-corrected chi connectivity index (χ1v) is 9.41. The van der Waals surface area contributed by atoms with Gasteiger partial charge in [0.25, 0.3) is 5.91 Å². The quantitative estimate of drug-likeness (QED) is 0.723. The van der Waals surface area contributed by atoms with Crippen molar-refractivity contribution in [3.05, 3.63) is 84.3 Å². The van der Waals surface area contributed by atoms with Crippen molar-refractivity contribution in [2.45, 2.75) is 11.4 Å². The molecule has 3 aromatic rings. The third-order valence-electron chi connectivity index (χ3n) is 3.88. The summed E-state index contributed by atoms with van der Waals surface area (Å²) in [4.78, 5) is 14.1. The lowest BCUT2D eigenvalue weighted by atomic mass is 10.2. The molecule has 0 saturated heterocycles. The fourth-order valence-corrected chi connectivity index (χ4v) is 3.40. The van der Waals surface area contributed by atoms with Gasteiger partial charge in [-0.3, -0.25) is 4.79 Å². The molecule has 0 radical (unpaired) electrons. The molecule has 0 fully saturated rings. The predicted octanol–water partition coefficient (Wildman–Crippen LogP) is 3.03. The Bertz CT molecular complexity index is 966. The SMILES string of the molecule is CN(C(=O)c1ccc(S(=O)(=O)NCc2ccco2)cc1)c1ccccc1. The van der Waals surface area contributed by atoms with Gasteiger partial charge >= 0.3 is 0 Å². The van der Waals surface area contributed by atoms with Crippen molar-refractivity contribution < 1.29 is 17.6 Å². The van der Waals surface area contributed by atoms with E-state index in [0.717, 1.165) is 5.69 Å². The van der Waals surface area contributed by atoms with E-state index in [1.165, 1.54) is 35.4 Å². The van der Waals surface area contributed by atoms with Crippen molar-refractivity contribution >= 4 is 21.6 Å². The van der Waals surface area contributed by atoms with E-state index in [9.17, 15) is 13.2 Å². The number of para-hydroxylation sites is 1. The number of carbonyl (C=O) groups excluding carboxylic acids is 1. The van der Waals surface area contributed by atoms with Gasteiger partial charge in [-0.1, -0.05) is 18.2 Å². The van der Waals surface area contributed by atoms with Crippen LogP contribution in [0.2, 0.25) is 0 Å². The van der Waals surface area contributed by atoms with E-state index in [1.54, 1.807) is 19.2 Å². The van der Waals surface area contributed by atoms with Crippen molar-refractivity contribution in [2.24, 2.45) is 0 Å². The topological polar surface area (TPSA) is 79.6 Å². The van der Waals surface area contributed by atoms with Crippen LogP contribution in [0.3, 0.4) is 0 Å². The largest absolute Gasteiger partial charge is 0.468 e. The molecule has 0 aliphatic carbocycles. The van der Waals surface area contributed by atoms with Crippen LogP contribution in [0.25, 0.3) is 0 Å². The molecule has 0 unspecified atom stereocenters. The zero-order valence-electron chi connectivity index (χ0n) is 14.1. The Morgan fingerprint density at radius 3 is 2.31 bits per heavy atom. The van der Waals surface area contributed by atoms with Gasteiger partial charge in [-0.25, -0.2) is 13.1 Å². The number of sulfonamides is 1. The molecule has 0 aliphatic heterocycles. The van der Waals surface area contributed by atoms with Crippen LogP contribution in [-0.2, 0) is 16.6 Å². The standard InChI is InChI=1S/C19H18N2O4S/c1-21(16-6-3-2-4-7-16)19(22)15-9-11-18(12-10-15)26(23,24)20-14-17-8-5-13-25-17/h2-13,20H,14H2,1H3. The van der Waals surface area contributed by atoms with Crippen LogP contribution in [0.4, 0.5) is 5.69 Å². The lowest BCUT2D eigenvalue weighted by Gasteiger charge is -2.17. The van der Waals surface area contributed by atoms with E-state index in [-0.39, 0.29) is 17.3 Å². The molecule has 0 saturated carbocycles. The van der Waals surface area contributed by atoms with Crippen LogP contribution in [0.1, 0.15) is 16.1 Å². The van der Waals surface area contributed by atoms with E-state index in [2.05, 4.69) is 4.72 Å². The molecule has 0 aliphatic rings. The summed E-state index contributed by atoms with van der Waals surface area (Å²) in [6.45, 7) is 0.0623. The van der Waals surface area contributed by atoms with E-state index in [4.69, 9.17) is 4.42 Å². The number of rotatable bonds is 6. The summed E-state index contributed by atoms with van der Waals surface area (Å²) < 4.78 is 32.2. The van der Waals surface area contributed by atoms with Gasteiger partial charge in [0.1, 0.15) is 5.76 Å². The monoisotopic (exact) mass is 370 g/mol. The predicted molar refractivity (Wildman–Crippen MR) is 98.4 cm³/mol. The number of hydrogen-bond donors (Lipinski definition) is 1. The third kappa shape index (κ3) is 4.01. The van der Waals surface area contributed by atoms with E-state index < -0.39 is 10.0 Å². The van der Waals surface area contributed by atoms with Crippen LogP contribution in [-0.4, -0.2) is 21.4 Å². The van der Waals surface area contributed by atoms with Crippen LogP contribution < -0.4 is 9.62 Å². The Morgan fingerprint density at radius 1 is 1.00 bits per heavy atom. The lowest BCUT2D eigenvalue weighted by Crippen LogP contribution is -2.26. The molecule has 26 heavy (non-hydrogen) atoms. The van der Waals surface area contributed by atoms with Gasteiger partial charge in [0.15, 0.2) is 0 Å². The van der Waals surface area contributed by atoms with Crippen LogP contribution in [0.5, 0.6) is 0 Å². The van der Waals surface area contributed by atoms with E-state index in [1.807, 2.05) is 30.3 Å². The molecule has 2 aromatic carbocycles. The second kappa shape index (κ2) is 7.55. The molecule has 134 valence electrons. The van der Waals surface area contributed by atoms with Crippen molar-refractivity contribution in [3.8, 4) is 0 Å². The van der Waals surface area contributed by atoms with Crippen LogP contribution in [0.15, 0.2) is 82.3 Å². The Morgan fingerprint density at radius 2 is 1.69 bits per heavy atom. The molecule has 0 atom stereocenters. The molecule has 0 bridgehead atoms. The maximum Gasteiger partial charge on any atom is 0.258 e. The second-order valence-corrected chi connectivity index (χ2v) is 7.39. The summed E-state index contributed by atoms with van der Waals surface area (Å²) >= 11 is 0. The van der Waals surface area contributed by atoms with Crippen molar-refractivity contribution in [1.82, 2.24) is 4.72 Å². The Hall–Kier alpha value is -2.90. The Balaban J connectivity index is 1.72. The fraction of sp³-hybridized carbons (Fsp3) is 0.105. The van der Waals surface area contributed by atoms with Gasteiger partial charge in [-0.2, -0.15) is 0 Å². The Labute approximate surface area is 152 Å². The molecular weight excluding hydrogens is 352 g/mol. The maximum absolute atomic E-state index is 12.5. The molecule has 1 heterocycles. The minimum absolute atomic E-state index is 0.0623. The summed E-state index contributed by atoms with van der Waals surface area (Å²) in [6.07, 6.45) is 1.48. The number of carbonyl (C=O) groups is 1. The van der Waals surface area contributed by atoms with Crippen molar-refractivity contribution in [1.29, 1.82) is 0 Å². The summed E-state index contributed by atoms with van der Waals surface area (Å²) in [7, 11) is -2.01. The lowest BCUT2D eigenvalue weighted by molar-refractivity contribution is 0.0993. The highest BCUT2D eigenvalue weighted by Gasteiger charge is 2.17. The van der Waals surface area contributed by atoms with E-state index >= 15 is 0 Å². The van der Waals surface area contributed by atoms with Gasteiger partial charge in [0, 0.05) is 18.3 Å². The van der Waals surface area contributed by atoms with Crippen LogP contribution in [0, 0.1) is 0 Å². The summed E-state index contributed by atoms with van der Waals surface area (Å²) in [5, 5.41) is 0. The highest BCUT2D eigenvalue weighted by molar-refractivity contribution is 7.89. The molecule has 0 spiro atoms. The fourth-order valence-electron chi connectivity index (χ4n) is 2.40. The number of nitrogens with zero attached hydrogens (tertiary/aromatic N) is 1. The van der Waals surface area contributed by atoms with Crippen LogP contribution >= 0.6 is 0 Å². The first-order chi connectivity index (χ1) is 12.5. The minimum Gasteiger partial charge on any atom is -0.468 e. The molecule has 7 heteroatoms. The van der Waals surface area contributed by atoms with Gasteiger partial charge < -0.3 is 9.32 Å². The summed E-state index contributed by atoms with van der Waals surface area (Å²) in [5.74, 6) is 0.300. The number of furan rings is 1. The maximum atomic E-state index is 12.5. The normalized spacial score (nSPS) is 11.3. The molecule has 6 nitrogen and oxygen atoms in total. The molecule has 3 rings (SSSR count). The van der Waals surface area contributed by atoms with Gasteiger partial charge in [-0.05, 0) is 48.5 Å². The summed E-state index contributed by atoms with van der Waals surface area (Å²) in [5.41, 5.74) is 1.16. The molecule has 1 aromatic heterocycles. The average Bonchev–Trinajstić information content (AvgIpc) is 3.20. The van der Waals surface area contributed by atoms with Gasteiger partial charge in [-0.15, -0.1) is 0 Å². The van der Waals surface area contributed by atoms with E-state index in [0.29, 0.717) is 11.3 Å². The number of anilines is 1. The highest BCUT2D eigenvalue weighted by atomic mass is 32.2. The third-order valence-corrected chi connectivity index (χ3v) is 5.29. The van der Waals surface area contributed by atoms with Gasteiger partial charge in [0.2, 0.25) is 10.0 Å². The van der Waals surface area contributed by atoms with Gasteiger partial charge in [0.05, 0.1) is 17.7 Å². The highest BCUT2D eigenvalue weighted by Crippen LogP contribution is 2.17. The first-order valence-electron chi connectivity index (χ1n) is 7.92.